The minimum atomic E-state index is -0.756. The maximum atomic E-state index is 12.2. The van der Waals surface area contributed by atoms with Crippen LogP contribution >= 0.6 is 0 Å². The lowest BCUT2D eigenvalue weighted by Crippen LogP contribution is -2.39. The fourth-order valence-corrected chi connectivity index (χ4v) is 3.11. The van der Waals surface area contributed by atoms with Crippen LogP contribution < -0.4 is 0 Å². The van der Waals surface area contributed by atoms with E-state index in [-0.39, 0.29) is 0 Å². The summed E-state index contributed by atoms with van der Waals surface area (Å²) in [7, 11) is 6.14. The van der Waals surface area contributed by atoms with Crippen molar-refractivity contribution >= 4 is 11.9 Å². The highest BCUT2D eigenvalue weighted by molar-refractivity contribution is 5.78. The zero-order valence-corrected chi connectivity index (χ0v) is 19.3. The predicted molar refractivity (Wildman–Crippen MR) is 115 cm³/mol. The van der Waals surface area contributed by atoms with Crippen LogP contribution in [-0.4, -0.2) is 56.8 Å². The van der Waals surface area contributed by atoms with Crippen molar-refractivity contribution in [2.24, 2.45) is 0 Å². The summed E-state index contributed by atoms with van der Waals surface area (Å²) in [5.74, 6) is -0.834. The average Bonchev–Trinajstić information content (AvgIpc) is 2.60. The van der Waals surface area contributed by atoms with E-state index in [1.807, 2.05) is 21.1 Å². The van der Waals surface area contributed by atoms with Gasteiger partial charge in [0.15, 0.2) is 6.10 Å². The van der Waals surface area contributed by atoms with Gasteiger partial charge in [0.05, 0.1) is 21.1 Å². The average molecular weight is 401 g/mol. The Morgan fingerprint density at radius 1 is 0.786 bits per heavy atom. The molecule has 0 fully saturated rings. The third-order valence-electron chi connectivity index (χ3n) is 4.90. The molecule has 0 amide bonds. The van der Waals surface area contributed by atoms with Crippen molar-refractivity contribution in [3.8, 4) is 0 Å². The number of hydrogen-bond acceptors (Lipinski definition) is 4. The summed E-state index contributed by atoms with van der Waals surface area (Å²) in [5, 5.41) is 0. The molecule has 5 heteroatoms. The van der Waals surface area contributed by atoms with E-state index in [4.69, 9.17) is 9.47 Å². The maximum Gasteiger partial charge on any atom is 0.347 e. The first-order valence-electron chi connectivity index (χ1n) is 11.4. The first-order valence-corrected chi connectivity index (χ1v) is 11.4. The Balaban J connectivity index is 3.80. The van der Waals surface area contributed by atoms with E-state index in [2.05, 4.69) is 6.92 Å². The normalized spacial score (nSPS) is 12.6. The molecule has 0 spiro atoms. The van der Waals surface area contributed by atoms with Crippen molar-refractivity contribution < 1.29 is 23.5 Å². The Kier molecular flexibility index (Phi) is 16.2. The second kappa shape index (κ2) is 16.8. The van der Waals surface area contributed by atoms with Gasteiger partial charge in [-0.15, -0.1) is 0 Å². The number of rotatable bonds is 18. The van der Waals surface area contributed by atoms with Gasteiger partial charge in [-0.2, -0.15) is 0 Å². The predicted octanol–water partition coefficient (Wildman–Crippen LogP) is 5.26. The molecule has 0 saturated carbocycles. The number of nitrogens with zero attached hydrogens (tertiary/aromatic N) is 1. The van der Waals surface area contributed by atoms with E-state index in [1.165, 1.54) is 71.1 Å². The lowest BCUT2D eigenvalue weighted by atomic mass is 10.0. The zero-order chi connectivity index (χ0) is 21.3. The molecule has 0 saturated heterocycles. The third-order valence-corrected chi connectivity index (χ3v) is 4.90. The molecule has 1 atom stereocenters. The molecule has 0 radical (unpaired) electrons. The summed E-state index contributed by atoms with van der Waals surface area (Å²) < 4.78 is 11.2. The number of likely N-dealkylation sites (N-methyl/N-ethyl adjacent to an activating group) is 1. The monoisotopic (exact) mass is 400 g/mol. The zero-order valence-electron chi connectivity index (χ0n) is 19.3. The molecule has 28 heavy (non-hydrogen) atoms. The molecule has 0 bridgehead atoms. The quantitative estimate of drug-likeness (QED) is 0.179. The summed E-state index contributed by atoms with van der Waals surface area (Å²) in [4.78, 5) is 23.5. The topological polar surface area (TPSA) is 52.6 Å². The molecule has 0 heterocycles. The Morgan fingerprint density at radius 2 is 1.25 bits per heavy atom. The van der Waals surface area contributed by atoms with E-state index in [0.717, 1.165) is 23.9 Å². The Morgan fingerprint density at radius 3 is 1.68 bits per heavy atom. The molecular formula is C23H46NO4+. The number of carbonyl (C=O) groups is 2. The van der Waals surface area contributed by atoms with Gasteiger partial charge in [0.2, 0.25) is 0 Å². The van der Waals surface area contributed by atoms with Crippen LogP contribution in [0.4, 0.5) is 0 Å². The molecule has 5 nitrogen and oxygen atoms in total. The number of ether oxygens (including phenoxy) is 2. The van der Waals surface area contributed by atoms with E-state index in [0.29, 0.717) is 13.0 Å². The van der Waals surface area contributed by atoms with Gasteiger partial charge in [0, 0.05) is 6.92 Å². The number of carbonyl (C=O) groups excluding carboxylic acids is 2. The molecule has 1 unspecified atom stereocenters. The van der Waals surface area contributed by atoms with Crippen molar-refractivity contribution in [3.05, 3.63) is 0 Å². The standard InChI is InChI=1S/C23H46NO4/c1-6-7-8-9-10-11-12-13-14-15-16-17-18-22(28-21(2)25)23(26)27-20-19-24(3,4)5/h22H,6-20H2,1-5H3/q+1. The number of esters is 2. The Hall–Kier alpha value is -1.10. The molecule has 0 N–H and O–H groups in total. The van der Waals surface area contributed by atoms with Crippen LogP contribution in [-0.2, 0) is 19.1 Å². The van der Waals surface area contributed by atoms with Gasteiger partial charge in [-0.3, -0.25) is 4.79 Å². The molecule has 0 aromatic carbocycles. The van der Waals surface area contributed by atoms with E-state index < -0.39 is 18.0 Å². The highest BCUT2D eigenvalue weighted by Gasteiger charge is 2.23. The molecule has 0 rings (SSSR count). The van der Waals surface area contributed by atoms with Crippen LogP contribution in [0.3, 0.4) is 0 Å². The Bertz CT molecular complexity index is 404. The van der Waals surface area contributed by atoms with Gasteiger partial charge in [0.1, 0.15) is 13.2 Å². The number of unbranched alkanes of at least 4 members (excludes halogenated alkanes) is 11. The van der Waals surface area contributed by atoms with Crippen LogP contribution in [0.2, 0.25) is 0 Å². The van der Waals surface area contributed by atoms with Crippen LogP contribution in [0.5, 0.6) is 0 Å². The fraction of sp³-hybridized carbons (Fsp3) is 0.913. The number of quaternary nitrogens is 1. The van der Waals surface area contributed by atoms with Crippen molar-refractivity contribution in [1.82, 2.24) is 0 Å². The third kappa shape index (κ3) is 18.3. The molecular weight excluding hydrogens is 354 g/mol. The van der Waals surface area contributed by atoms with E-state index in [1.54, 1.807) is 0 Å². The second-order valence-corrected chi connectivity index (χ2v) is 8.96. The van der Waals surface area contributed by atoms with Crippen molar-refractivity contribution in [2.75, 3.05) is 34.3 Å². The van der Waals surface area contributed by atoms with Gasteiger partial charge in [0.25, 0.3) is 0 Å². The minimum Gasteiger partial charge on any atom is -0.457 e. The van der Waals surface area contributed by atoms with Gasteiger partial charge < -0.3 is 14.0 Å². The molecule has 0 aliphatic heterocycles. The highest BCUT2D eigenvalue weighted by atomic mass is 16.6. The summed E-state index contributed by atoms with van der Waals surface area (Å²) in [5.41, 5.74) is 0. The van der Waals surface area contributed by atoms with Crippen molar-refractivity contribution in [1.29, 1.82) is 0 Å². The molecule has 166 valence electrons. The minimum absolute atomic E-state index is 0.346. The van der Waals surface area contributed by atoms with E-state index >= 15 is 0 Å². The van der Waals surface area contributed by atoms with Crippen molar-refractivity contribution in [2.45, 2.75) is 103 Å². The number of hydrogen-bond donors (Lipinski definition) is 0. The van der Waals surface area contributed by atoms with Gasteiger partial charge in [-0.1, -0.05) is 77.6 Å². The first-order chi connectivity index (χ1) is 13.3. The smallest absolute Gasteiger partial charge is 0.347 e. The summed E-state index contributed by atoms with van der Waals surface area (Å²) >= 11 is 0. The lowest BCUT2D eigenvalue weighted by Gasteiger charge is -2.24. The van der Waals surface area contributed by atoms with E-state index in [9.17, 15) is 9.59 Å². The maximum absolute atomic E-state index is 12.2. The SMILES string of the molecule is CCCCCCCCCCCCCCC(OC(C)=O)C(=O)OCC[N+](C)(C)C. The second-order valence-electron chi connectivity index (χ2n) is 8.96. The van der Waals surface area contributed by atoms with Crippen LogP contribution in [0, 0.1) is 0 Å². The van der Waals surface area contributed by atoms with Gasteiger partial charge >= 0.3 is 11.9 Å². The van der Waals surface area contributed by atoms with Gasteiger partial charge in [-0.05, 0) is 12.8 Å². The fourth-order valence-electron chi connectivity index (χ4n) is 3.11. The molecule has 0 aromatic heterocycles. The largest absolute Gasteiger partial charge is 0.457 e. The summed E-state index contributed by atoms with van der Waals surface area (Å²) in [6.45, 7) is 4.67. The molecule has 0 aromatic rings. The summed E-state index contributed by atoms with van der Waals surface area (Å²) in [6, 6.07) is 0. The Labute approximate surface area is 173 Å². The van der Waals surface area contributed by atoms with Crippen LogP contribution in [0.1, 0.15) is 97.3 Å². The molecule has 0 aliphatic carbocycles. The first kappa shape index (κ1) is 26.9. The summed E-state index contributed by atoms with van der Waals surface area (Å²) in [6.07, 6.45) is 15.0. The molecule has 0 aliphatic rings. The van der Waals surface area contributed by atoms with Crippen LogP contribution in [0.25, 0.3) is 0 Å². The van der Waals surface area contributed by atoms with Crippen molar-refractivity contribution in [3.63, 3.8) is 0 Å². The van der Waals surface area contributed by atoms with Crippen LogP contribution in [0.15, 0.2) is 0 Å². The van der Waals surface area contributed by atoms with Gasteiger partial charge in [-0.25, -0.2) is 4.79 Å². The lowest BCUT2D eigenvalue weighted by molar-refractivity contribution is -0.870. The highest BCUT2D eigenvalue weighted by Crippen LogP contribution is 2.14.